The quantitative estimate of drug-likeness (QED) is 0.443. The lowest BCUT2D eigenvalue weighted by molar-refractivity contribution is -0.137. The Morgan fingerprint density at radius 1 is 1.11 bits per heavy atom. The van der Waals surface area contributed by atoms with E-state index in [1.807, 2.05) is 37.0 Å². The first-order valence-corrected chi connectivity index (χ1v) is 11.0. The second-order valence-electron chi connectivity index (χ2n) is 8.52. The van der Waals surface area contributed by atoms with Gasteiger partial charge in [0, 0.05) is 24.2 Å². The largest absolute Gasteiger partial charge is 0.486 e. The predicted molar refractivity (Wildman–Crippen MR) is 126 cm³/mol. The van der Waals surface area contributed by atoms with E-state index in [0.717, 1.165) is 28.2 Å². The molecule has 1 saturated heterocycles. The lowest BCUT2D eigenvalue weighted by atomic mass is 10.1. The number of halogens is 3. The molecular weight excluding hydrogens is 459 g/mol. The van der Waals surface area contributed by atoms with Crippen molar-refractivity contribution in [1.29, 1.82) is 0 Å². The maximum atomic E-state index is 12.9. The Morgan fingerprint density at radius 2 is 1.91 bits per heavy atom. The summed E-state index contributed by atoms with van der Waals surface area (Å²) < 4.78 is 46.8. The number of hydrogen-bond donors (Lipinski definition) is 1. The maximum absolute atomic E-state index is 12.9. The lowest BCUT2D eigenvalue weighted by Crippen LogP contribution is -2.54. The van der Waals surface area contributed by atoms with E-state index in [-0.39, 0.29) is 17.4 Å². The highest BCUT2D eigenvalue weighted by Crippen LogP contribution is 2.32. The number of para-hydroxylation sites is 1. The molecule has 2 aromatic carbocycles. The number of hydrogen-bond acceptors (Lipinski definition) is 5. The fraction of sp³-hybridized carbons (Fsp3) is 0.240. The van der Waals surface area contributed by atoms with Gasteiger partial charge in [0.1, 0.15) is 11.9 Å². The zero-order chi connectivity index (χ0) is 24.7. The number of rotatable bonds is 5. The second-order valence-corrected chi connectivity index (χ2v) is 8.52. The number of amides is 1. The van der Waals surface area contributed by atoms with E-state index in [2.05, 4.69) is 26.4 Å². The van der Waals surface area contributed by atoms with Gasteiger partial charge >= 0.3 is 6.18 Å². The normalized spacial score (nSPS) is 14.1. The zero-order valence-electron chi connectivity index (χ0n) is 19.0. The molecule has 0 saturated carbocycles. The number of carbonyl (C=O) groups excluding carboxylic acids is 1. The van der Waals surface area contributed by atoms with Crippen molar-refractivity contribution in [3.63, 3.8) is 0 Å². The number of nitrogens with zero attached hydrogens (tertiary/aromatic N) is 4. The predicted octanol–water partition coefficient (Wildman–Crippen LogP) is 4.82. The van der Waals surface area contributed by atoms with Gasteiger partial charge in [-0.1, -0.05) is 18.2 Å². The molecular formula is C25H22F3N5O2. The van der Waals surface area contributed by atoms with Gasteiger partial charge in [0.15, 0.2) is 0 Å². The molecule has 7 nitrogen and oxygen atoms in total. The number of nitrogens with one attached hydrogen (secondary N) is 1. The van der Waals surface area contributed by atoms with Gasteiger partial charge in [0.2, 0.25) is 0 Å². The maximum Gasteiger partial charge on any atom is 0.417 e. The van der Waals surface area contributed by atoms with Gasteiger partial charge in [-0.2, -0.15) is 18.3 Å². The van der Waals surface area contributed by atoms with Crippen molar-refractivity contribution in [2.45, 2.75) is 19.2 Å². The van der Waals surface area contributed by atoms with E-state index in [0.29, 0.717) is 25.0 Å². The minimum Gasteiger partial charge on any atom is -0.486 e. The summed E-state index contributed by atoms with van der Waals surface area (Å²) in [5.41, 5.74) is 2.31. The summed E-state index contributed by atoms with van der Waals surface area (Å²) >= 11 is 0. The molecule has 4 aromatic rings. The van der Waals surface area contributed by atoms with Crippen molar-refractivity contribution in [2.24, 2.45) is 7.05 Å². The minimum atomic E-state index is -4.54. The van der Waals surface area contributed by atoms with Crippen LogP contribution in [-0.2, 0) is 13.2 Å². The first-order valence-electron chi connectivity index (χ1n) is 11.0. The highest BCUT2D eigenvalue weighted by molar-refractivity contribution is 6.04. The summed E-state index contributed by atoms with van der Waals surface area (Å²) in [6.45, 7) is 3.23. The van der Waals surface area contributed by atoms with E-state index in [4.69, 9.17) is 4.74 Å². The molecule has 1 fully saturated rings. The molecule has 2 aromatic heterocycles. The van der Waals surface area contributed by atoms with Crippen molar-refractivity contribution >= 4 is 28.2 Å². The molecule has 0 atom stereocenters. The number of fused-ring (bicyclic) bond motifs is 1. The monoisotopic (exact) mass is 481 g/mol. The number of aromatic nitrogens is 3. The van der Waals surface area contributed by atoms with Crippen molar-refractivity contribution in [3.05, 3.63) is 77.7 Å². The number of benzene rings is 2. The molecule has 35 heavy (non-hydrogen) atoms. The van der Waals surface area contributed by atoms with Crippen LogP contribution in [0.4, 0.5) is 24.5 Å². The van der Waals surface area contributed by atoms with Crippen molar-refractivity contribution in [2.75, 3.05) is 23.3 Å². The topological polar surface area (TPSA) is 72.3 Å². The van der Waals surface area contributed by atoms with E-state index >= 15 is 0 Å². The van der Waals surface area contributed by atoms with Crippen LogP contribution in [0.15, 0.2) is 61.1 Å². The Hall–Kier alpha value is -4.08. The van der Waals surface area contributed by atoms with Crippen LogP contribution in [0.25, 0.3) is 10.9 Å². The van der Waals surface area contributed by atoms with E-state index in [9.17, 15) is 18.0 Å². The molecule has 10 heteroatoms. The number of aryl methyl sites for hydroxylation is 2. The summed E-state index contributed by atoms with van der Waals surface area (Å²) in [4.78, 5) is 18.5. The third kappa shape index (κ3) is 4.51. The standard InChI is InChI=1S/C25H22F3N5O2/c1-15-6-7-16(24(34)31-19-9-18(11-29-12-19)25(26,27)28)8-22(15)35-20-13-33(14-20)21-5-3-4-17-10-30-32(2)23(17)21/h3-12,20H,13-14H2,1-2H3,(H,31,34). The number of carbonyl (C=O) groups is 1. The third-order valence-electron chi connectivity index (χ3n) is 6.00. The van der Waals surface area contributed by atoms with Gasteiger partial charge in [-0.25, -0.2) is 0 Å². The molecule has 1 N–H and O–H groups in total. The Morgan fingerprint density at radius 3 is 2.69 bits per heavy atom. The Bertz CT molecular complexity index is 1410. The minimum absolute atomic E-state index is 0.0353. The van der Waals surface area contributed by atoms with Crippen LogP contribution < -0.4 is 15.0 Å². The van der Waals surface area contributed by atoms with Crippen molar-refractivity contribution in [3.8, 4) is 5.75 Å². The summed E-state index contributed by atoms with van der Waals surface area (Å²) in [5, 5.41) is 7.87. The van der Waals surface area contributed by atoms with Crippen LogP contribution in [0.3, 0.4) is 0 Å². The van der Waals surface area contributed by atoms with E-state index in [1.54, 1.807) is 18.2 Å². The molecule has 1 aliphatic rings. The van der Waals surface area contributed by atoms with Crippen LogP contribution >= 0.6 is 0 Å². The number of anilines is 2. The summed E-state index contributed by atoms with van der Waals surface area (Å²) in [7, 11) is 1.91. The van der Waals surface area contributed by atoms with E-state index in [1.165, 1.54) is 6.20 Å². The summed E-state index contributed by atoms with van der Waals surface area (Å²) in [6, 6.07) is 11.9. The van der Waals surface area contributed by atoms with Crippen LogP contribution in [0, 0.1) is 6.92 Å². The van der Waals surface area contributed by atoms with Crippen LogP contribution in [-0.4, -0.2) is 39.9 Å². The first-order chi connectivity index (χ1) is 16.7. The Kier molecular flexibility index (Phi) is 5.58. The second kappa shape index (κ2) is 8.61. The van der Waals surface area contributed by atoms with Gasteiger partial charge in [-0.3, -0.25) is 14.5 Å². The highest BCUT2D eigenvalue weighted by atomic mass is 19.4. The molecule has 180 valence electrons. The molecule has 0 aliphatic carbocycles. The molecule has 0 spiro atoms. The SMILES string of the molecule is Cc1ccc(C(=O)Nc2cncc(C(F)(F)F)c2)cc1OC1CN(c2cccc3cnn(C)c23)C1. The zero-order valence-corrected chi connectivity index (χ0v) is 19.0. The first kappa shape index (κ1) is 22.7. The number of alkyl halides is 3. The number of ether oxygens (including phenoxy) is 1. The van der Waals surface area contributed by atoms with Crippen molar-refractivity contribution in [1.82, 2.24) is 14.8 Å². The molecule has 0 radical (unpaired) electrons. The fourth-order valence-electron chi connectivity index (χ4n) is 4.09. The lowest BCUT2D eigenvalue weighted by Gasteiger charge is -2.41. The molecule has 3 heterocycles. The fourth-order valence-corrected chi connectivity index (χ4v) is 4.09. The number of pyridine rings is 1. The van der Waals surface area contributed by atoms with Crippen molar-refractivity contribution < 1.29 is 22.7 Å². The van der Waals surface area contributed by atoms with Gasteiger partial charge < -0.3 is 15.0 Å². The summed E-state index contributed by atoms with van der Waals surface area (Å²) in [5.74, 6) is 0.0114. The third-order valence-corrected chi connectivity index (χ3v) is 6.00. The molecule has 1 aliphatic heterocycles. The Balaban J connectivity index is 1.26. The molecule has 5 rings (SSSR count). The van der Waals surface area contributed by atoms with Crippen LogP contribution in [0.1, 0.15) is 21.5 Å². The average molecular weight is 481 g/mol. The molecule has 0 bridgehead atoms. The van der Waals surface area contributed by atoms with Crippen LogP contribution in [0.2, 0.25) is 0 Å². The summed E-state index contributed by atoms with van der Waals surface area (Å²) in [6.07, 6.45) is -0.892. The molecule has 1 amide bonds. The van der Waals surface area contributed by atoms with Gasteiger partial charge in [0.25, 0.3) is 5.91 Å². The average Bonchev–Trinajstić information content (AvgIpc) is 3.18. The Labute approximate surface area is 199 Å². The van der Waals surface area contributed by atoms with E-state index < -0.39 is 17.6 Å². The highest BCUT2D eigenvalue weighted by Gasteiger charge is 2.32. The smallest absolute Gasteiger partial charge is 0.417 e. The van der Waals surface area contributed by atoms with Gasteiger partial charge in [-0.15, -0.1) is 0 Å². The molecule has 0 unspecified atom stereocenters. The van der Waals surface area contributed by atoms with Gasteiger partial charge in [0.05, 0.1) is 47.9 Å². The van der Waals surface area contributed by atoms with Crippen LogP contribution in [0.5, 0.6) is 5.75 Å². The van der Waals surface area contributed by atoms with Gasteiger partial charge in [-0.05, 0) is 36.8 Å².